The van der Waals surface area contributed by atoms with Gasteiger partial charge in [-0.25, -0.2) is 9.38 Å². The highest BCUT2D eigenvalue weighted by Gasteiger charge is 2.43. The smallest absolute Gasteiger partial charge is 0.227 e. The molecule has 14 heteroatoms. The zero-order chi connectivity index (χ0) is 33.8. The van der Waals surface area contributed by atoms with Crippen LogP contribution in [0.1, 0.15) is 38.2 Å². The van der Waals surface area contributed by atoms with Crippen molar-refractivity contribution in [1.82, 2.24) is 20.0 Å². The van der Waals surface area contributed by atoms with Crippen LogP contribution in [0.5, 0.6) is 5.75 Å². The molecule has 47 heavy (non-hydrogen) atoms. The van der Waals surface area contributed by atoms with E-state index in [1.807, 2.05) is 4.90 Å². The van der Waals surface area contributed by atoms with E-state index in [1.54, 1.807) is 29.4 Å². The predicted molar refractivity (Wildman–Crippen MR) is 174 cm³/mol. The molecule has 5 atom stereocenters. The standard InChI is InChI=1S/C33H47ClFN5O7/c1-32(36-18-24(34)19-37-32)40-7-5-33(6-8-40)16-22(17-33)4-13-47-25-3-2-23(26(35)15-25)14-29(44)39-11-9-38(10-12-39)20-27(42)30(45)31(46)28(43)21-41/h2-3,15-16,18-19,27-28,30-31,36,41-43,45-46H,4-14,17,20-21H2,1H3/t27-,28+,30+,31+,32?/m0/s1. The summed E-state index contributed by atoms with van der Waals surface area (Å²) >= 11 is 6.01. The van der Waals surface area contributed by atoms with E-state index in [9.17, 15) is 29.6 Å². The van der Waals surface area contributed by atoms with E-state index in [2.05, 4.69) is 28.2 Å². The Hall–Kier alpha value is -2.62. The number of halogens is 2. The molecule has 0 aromatic heterocycles. The van der Waals surface area contributed by atoms with E-state index in [1.165, 1.54) is 11.6 Å². The second-order valence-corrected chi connectivity index (χ2v) is 13.7. The number of likely N-dealkylation sites (tertiary alicyclic amines) is 1. The molecule has 12 nitrogen and oxygen atoms in total. The van der Waals surface area contributed by atoms with E-state index in [0.29, 0.717) is 43.6 Å². The fourth-order valence-electron chi connectivity index (χ4n) is 6.82. The fourth-order valence-corrected chi connectivity index (χ4v) is 6.92. The van der Waals surface area contributed by atoms with Gasteiger partial charge in [-0.3, -0.25) is 14.6 Å². The third kappa shape index (κ3) is 8.70. The lowest BCUT2D eigenvalue weighted by Gasteiger charge is -2.50. The van der Waals surface area contributed by atoms with Crippen molar-refractivity contribution in [2.24, 2.45) is 10.4 Å². The maximum Gasteiger partial charge on any atom is 0.227 e. The number of piperidine rings is 1. The van der Waals surface area contributed by atoms with Crippen LogP contribution in [0.4, 0.5) is 4.39 Å². The van der Waals surface area contributed by atoms with Gasteiger partial charge in [-0.05, 0) is 43.2 Å². The van der Waals surface area contributed by atoms with Crippen molar-refractivity contribution in [2.75, 3.05) is 59.0 Å². The topological polar surface area (TPSA) is 162 Å². The van der Waals surface area contributed by atoms with Gasteiger partial charge in [0.1, 0.15) is 29.9 Å². The zero-order valence-corrected chi connectivity index (χ0v) is 27.5. The number of amides is 1. The van der Waals surface area contributed by atoms with Gasteiger partial charge in [-0.2, -0.15) is 0 Å². The first-order valence-electron chi connectivity index (χ1n) is 16.3. The van der Waals surface area contributed by atoms with Gasteiger partial charge in [-0.15, -0.1) is 0 Å². The van der Waals surface area contributed by atoms with Crippen molar-refractivity contribution in [3.63, 3.8) is 0 Å². The van der Waals surface area contributed by atoms with Crippen LogP contribution >= 0.6 is 11.6 Å². The number of piperazine rings is 1. The Kier molecular flexibility index (Phi) is 11.6. The van der Waals surface area contributed by atoms with Gasteiger partial charge in [0.15, 0.2) is 5.79 Å². The maximum atomic E-state index is 14.9. The quantitative estimate of drug-likeness (QED) is 0.163. The molecule has 260 valence electrons. The van der Waals surface area contributed by atoms with E-state index in [-0.39, 0.29) is 29.9 Å². The highest BCUT2D eigenvalue weighted by Crippen LogP contribution is 2.49. The minimum atomic E-state index is -1.69. The molecule has 1 unspecified atom stereocenters. The van der Waals surface area contributed by atoms with Crippen LogP contribution in [-0.4, -0.2) is 142 Å². The van der Waals surface area contributed by atoms with Gasteiger partial charge < -0.3 is 40.5 Å². The average molecular weight is 680 g/mol. The SMILES string of the molecule is CC1(N2CCC3(C=C(CCOc4ccc(CC(=O)N5CCN(C[C@H](O)[C@@H](O)[C@H](O)[C@H](O)CO)CC5)c(F)c4)C3)CC2)N=CC(Cl)=CN1. The molecule has 4 aliphatic rings. The zero-order valence-electron chi connectivity index (χ0n) is 26.8. The first-order chi connectivity index (χ1) is 22.4. The summed E-state index contributed by atoms with van der Waals surface area (Å²) in [6, 6.07) is 4.60. The highest BCUT2D eigenvalue weighted by molar-refractivity contribution is 6.39. The van der Waals surface area contributed by atoms with Gasteiger partial charge >= 0.3 is 0 Å². The van der Waals surface area contributed by atoms with Crippen LogP contribution < -0.4 is 10.1 Å². The Morgan fingerprint density at radius 1 is 1.09 bits per heavy atom. The first kappa shape index (κ1) is 35.7. The number of hydrogen-bond acceptors (Lipinski definition) is 11. The number of aliphatic hydroxyl groups excluding tert-OH is 5. The summed E-state index contributed by atoms with van der Waals surface area (Å²) in [4.78, 5) is 23.3. The van der Waals surface area contributed by atoms with Crippen LogP contribution in [0.3, 0.4) is 0 Å². The van der Waals surface area contributed by atoms with E-state index in [0.717, 1.165) is 38.8 Å². The molecule has 1 spiro atoms. The van der Waals surface area contributed by atoms with Gasteiger partial charge in [-0.1, -0.05) is 29.3 Å². The number of carbonyl (C=O) groups excluding carboxylic acids is 1. The van der Waals surface area contributed by atoms with Crippen LogP contribution in [-0.2, 0) is 11.2 Å². The first-order valence-corrected chi connectivity index (χ1v) is 16.7. The normalized spacial score (nSPS) is 25.7. The monoisotopic (exact) mass is 679 g/mol. The molecule has 2 saturated heterocycles. The lowest BCUT2D eigenvalue weighted by molar-refractivity contribution is -0.134. The molecular formula is C33H47ClFN5O7. The molecule has 1 aliphatic carbocycles. The third-order valence-electron chi connectivity index (χ3n) is 9.94. The Morgan fingerprint density at radius 2 is 1.77 bits per heavy atom. The van der Waals surface area contributed by atoms with Crippen molar-refractivity contribution in [3.05, 3.63) is 52.5 Å². The second kappa shape index (κ2) is 15.3. The summed E-state index contributed by atoms with van der Waals surface area (Å²) in [7, 11) is 0. The number of nitrogens with zero attached hydrogens (tertiary/aromatic N) is 4. The Morgan fingerprint density at radius 3 is 2.38 bits per heavy atom. The number of aliphatic hydroxyl groups is 5. The molecule has 0 radical (unpaired) electrons. The van der Waals surface area contributed by atoms with Crippen molar-refractivity contribution >= 4 is 23.7 Å². The summed E-state index contributed by atoms with van der Waals surface area (Å²) in [5.74, 6) is -0.743. The summed E-state index contributed by atoms with van der Waals surface area (Å²) in [6.45, 7) is 5.23. The van der Waals surface area contributed by atoms with Crippen LogP contribution in [0.25, 0.3) is 0 Å². The number of allylic oxidation sites excluding steroid dienone is 2. The van der Waals surface area contributed by atoms with Crippen molar-refractivity contribution in [2.45, 2.75) is 69.2 Å². The van der Waals surface area contributed by atoms with Crippen molar-refractivity contribution in [3.8, 4) is 5.75 Å². The second-order valence-electron chi connectivity index (χ2n) is 13.3. The highest BCUT2D eigenvalue weighted by atomic mass is 35.5. The van der Waals surface area contributed by atoms with Crippen LogP contribution in [0.15, 0.2) is 46.1 Å². The summed E-state index contributed by atoms with van der Waals surface area (Å²) < 4.78 is 20.8. The summed E-state index contributed by atoms with van der Waals surface area (Å²) in [6.07, 6.45) is 3.53. The summed E-state index contributed by atoms with van der Waals surface area (Å²) in [5, 5.41) is 52.4. The minimum absolute atomic E-state index is 0.0211. The Bertz CT molecular complexity index is 1350. The molecule has 0 saturated carbocycles. The Balaban J connectivity index is 1.00. The number of ether oxygens (including phenoxy) is 1. The molecule has 0 bridgehead atoms. The maximum absolute atomic E-state index is 14.9. The van der Waals surface area contributed by atoms with E-state index >= 15 is 0 Å². The molecule has 1 amide bonds. The van der Waals surface area contributed by atoms with Gasteiger partial charge in [0.2, 0.25) is 5.91 Å². The number of nitrogens with one attached hydrogen (secondary N) is 1. The van der Waals surface area contributed by atoms with Gasteiger partial charge in [0.05, 0.1) is 30.8 Å². The van der Waals surface area contributed by atoms with Crippen LogP contribution in [0, 0.1) is 11.2 Å². The van der Waals surface area contributed by atoms with Gasteiger partial charge in [0.25, 0.3) is 0 Å². The third-order valence-corrected chi connectivity index (χ3v) is 10.1. The number of rotatable bonds is 13. The van der Waals surface area contributed by atoms with Gasteiger partial charge in [0, 0.05) is 70.7 Å². The number of benzene rings is 1. The number of β-amino-alcohol motifs (C(OH)–C–C–N with tert-alkyl or cyclic N) is 1. The number of aliphatic imine (C=N–C) groups is 1. The largest absolute Gasteiger partial charge is 0.493 e. The molecule has 1 aromatic rings. The molecule has 3 heterocycles. The molecule has 1 aromatic carbocycles. The lowest BCUT2D eigenvalue weighted by Crippen LogP contribution is -2.58. The molecule has 2 fully saturated rings. The molecular weight excluding hydrogens is 633 g/mol. The predicted octanol–water partition coefficient (Wildman–Crippen LogP) is 0.557. The average Bonchev–Trinajstić information content (AvgIpc) is 3.06. The lowest BCUT2D eigenvalue weighted by atomic mass is 9.64. The Labute approximate surface area is 279 Å². The minimum Gasteiger partial charge on any atom is -0.493 e. The molecule has 6 N–H and O–H groups in total. The molecule has 5 rings (SSSR count). The van der Waals surface area contributed by atoms with Crippen molar-refractivity contribution < 1.29 is 39.5 Å². The van der Waals surface area contributed by atoms with Crippen LogP contribution in [0.2, 0.25) is 0 Å². The number of carbonyl (C=O) groups is 1. The van der Waals surface area contributed by atoms with E-state index < -0.39 is 42.6 Å². The fraction of sp³-hybridized carbons (Fsp3) is 0.636. The van der Waals surface area contributed by atoms with E-state index in [4.69, 9.17) is 21.4 Å². The number of hydrogen-bond donors (Lipinski definition) is 6. The molecule has 3 aliphatic heterocycles. The van der Waals surface area contributed by atoms with Crippen molar-refractivity contribution in [1.29, 1.82) is 0 Å². The summed E-state index contributed by atoms with van der Waals surface area (Å²) in [5.41, 5.74) is 1.89.